The highest BCUT2D eigenvalue weighted by Crippen LogP contribution is 2.32. The van der Waals surface area contributed by atoms with Gasteiger partial charge in [0.25, 0.3) is 5.91 Å². The van der Waals surface area contributed by atoms with E-state index in [2.05, 4.69) is 0 Å². The minimum absolute atomic E-state index is 0.00377. The first-order valence-corrected chi connectivity index (χ1v) is 6.83. The number of rotatable bonds is 3. The lowest BCUT2D eigenvalue weighted by molar-refractivity contribution is -0.140. The minimum atomic E-state index is -4.83. The third-order valence-corrected chi connectivity index (χ3v) is 3.61. The predicted octanol–water partition coefficient (Wildman–Crippen LogP) is 1.59. The average molecular weight is 320 g/mol. The van der Waals surface area contributed by atoms with E-state index in [-0.39, 0.29) is 19.7 Å². The molecule has 4 nitrogen and oxygen atoms in total. The molecule has 0 unspecified atom stereocenters. The van der Waals surface area contributed by atoms with Crippen LogP contribution in [0.1, 0.15) is 15.9 Å². The van der Waals surface area contributed by atoms with E-state index in [1.54, 1.807) is 0 Å². The number of β-amino-alcohol motifs (C(OH)–C–C–N with tert-alkyl or cyclic N) is 1. The molecule has 0 aliphatic carbocycles. The molecule has 0 radical (unpaired) electrons. The normalized spacial score (nSPS) is 16.9. The predicted molar refractivity (Wildman–Crippen MR) is 70.8 cm³/mol. The Bertz CT molecular complexity index is 540. The smallest absolute Gasteiger partial charge is 0.395 e. The maximum atomic E-state index is 14.0. The van der Waals surface area contributed by atoms with E-state index < -0.39 is 29.0 Å². The van der Waals surface area contributed by atoms with Crippen LogP contribution in [0.25, 0.3) is 0 Å². The number of alkyl halides is 3. The molecule has 1 amide bonds. The number of nitrogens with zero attached hydrogens (tertiary/aromatic N) is 2. The van der Waals surface area contributed by atoms with E-state index in [0.717, 1.165) is 12.1 Å². The Kier molecular flexibility index (Phi) is 5.02. The topological polar surface area (TPSA) is 43.8 Å². The molecular weight excluding hydrogens is 304 g/mol. The number of piperazine rings is 1. The maximum absolute atomic E-state index is 14.0. The van der Waals surface area contributed by atoms with Crippen molar-refractivity contribution in [3.8, 4) is 0 Å². The monoisotopic (exact) mass is 320 g/mol. The second kappa shape index (κ2) is 6.62. The molecule has 122 valence electrons. The van der Waals surface area contributed by atoms with Crippen LogP contribution in [0.4, 0.5) is 17.6 Å². The average Bonchev–Trinajstić information content (AvgIpc) is 2.47. The summed E-state index contributed by atoms with van der Waals surface area (Å²) < 4.78 is 52.0. The number of aliphatic hydroxyl groups excluding tert-OH is 1. The number of hydrogen-bond acceptors (Lipinski definition) is 3. The van der Waals surface area contributed by atoms with Crippen LogP contribution in [0.2, 0.25) is 0 Å². The van der Waals surface area contributed by atoms with Gasteiger partial charge in [-0.25, -0.2) is 4.39 Å². The van der Waals surface area contributed by atoms with E-state index in [0.29, 0.717) is 25.7 Å². The number of aliphatic hydroxyl groups is 1. The molecule has 1 heterocycles. The minimum Gasteiger partial charge on any atom is -0.395 e. The summed E-state index contributed by atoms with van der Waals surface area (Å²) in [6.07, 6.45) is -4.83. The molecule has 0 aromatic heterocycles. The van der Waals surface area contributed by atoms with Gasteiger partial charge in [0.05, 0.1) is 17.7 Å². The fourth-order valence-corrected chi connectivity index (χ4v) is 2.40. The van der Waals surface area contributed by atoms with E-state index in [9.17, 15) is 22.4 Å². The van der Waals surface area contributed by atoms with Crippen LogP contribution in [0.5, 0.6) is 0 Å². The fraction of sp³-hybridized carbons (Fsp3) is 0.500. The van der Waals surface area contributed by atoms with E-state index in [1.165, 1.54) is 4.90 Å². The van der Waals surface area contributed by atoms with Crippen molar-refractivity contribution < 1.29 is 27.5 Å². The van der Waals surface area contributed by atoms with Crippen molar-refractivity contribution in [3.63, 3.8) is 0 Å². The lowest BCUT2D eigenvalue weighted by Crippen LogP contribution is -2.49. The van der Waals surface area contributed by atoms with Gasteiger partial charge < -0.3 is 10.0 Å². The quantitative estimate of drug-likeness (QED) is 0.860. The molecule has 22 heavy (non-hydrogen) atoms. The Morgan fingerprint density at radius 2 is 1.82 bits per heavy atom. The molecule has 0 bridgehead atoms. The van der Waals surface area contributed by atoms with Gasteiger partial charge in [0, 0.05) is 32.7 Å². The molecule has 1 fully saturated rings. The van der Waals surface area contributed by atoms with Crippen LogP contribution >= 0.6 is 0 Å². The first kappa shape index (κ1) is 16.7. The molecule has 1 aliphatic rings. The van der Waals surface area contributed by atoms with Crippen LogP contribution in [-0.4, -0.2) is 60.1 Å². The lowest BCUT2D eigenvalue weighted by Gasteiger charge is -2.34. The van der Waals surface area contributed by atoms with Crippen molar-refractivity contribution in [3.05, 3.63) is 35.1 Å². The summed E-state index contributed by atoms with van der Waals surface area (Å²) in [5.41, 5.74) is -2.00. The van der Waals surface area contributed by atoms with Crippen LogP contribution in [0.15, 0.2) is 18.2 Å². The zero-order valence-corrected chi connectivity index (χ0v) is 11.7. The lowest BCUT2D eigenvalue weighted by atomic mass is 10.1. The first-order chi connectivity index (χ1) is 10.3. The first-order valence-electron chi connectivity index (χ1n) is 6.83. The largest absolute Gasteiger partial charge is 0.419 e. The van der Waals surface area contributed by atoms with Gasteiger partial charge in [0.2, 0.25) is 0 Å². The zero-order chi connectivity index (χ0) is 16.3. The van der Waals surface area contributed by atoms with Crippen LogP contribution in [0, 0.1) is 5.82 Å². The van der Waals surface area contributed by atoms with Crippen LogP contribution < -0.4 is 0 Å². The van der Waals surface area contributed by atoms with E-state index in [1.807, 2.05) is 4.90 Å². The summed E-state index contributed by atoms with van der Waals surface area (Å²) in [5.74, 6) is -2.27. The van der Waals surface area contributed by atoms with Crippen molar-refractivity contribution in [2.45, 2.75) is 6.18 Å². The molecule has 0 spiro atoms. The molecule has 1 aromatic rings. The second-order valence-corrected chi connectivity index (χ2v) is 5.02. The third kappa shape index (κ3) is 3.56. The standard InChI is InChI=1S/C14H16F4N2O2/c15-12-10(2-1-3-11(12)14(16,17)18)13(22)20-6-4-19(5-7-20)8-9-21/h1-3,21H,4-9H2. The van der Waals surface area contributed by atoms with Crippen LogP contribution in [-0.2, 0) is 6.18 Å². The molecule has 0 atom stereocenters. The van der Waals surface area contributed by atoms with Crippen molar-refractivity contribution in [2.75, 3.05) is 39.3 Å². The van der Waals surface area contributed by atoms with Crippen molar-refractivity contribution >= 4 is 5.91 Å². The summed E-state index contributed by atoms with van der Waals surface area (Å²) in [6.45, 7) is 2.03. The number of carbonyl (C=O) groups is 1. The molecule has 0 saturated carbocycles. The molecule has 2 rings (SSSR count). The SMILES string of the molecule is O=C(c1cccc(C(F)(F)F)c1F)N1CCN(CCO)CC1. The maximum Gasteiger partial charge on any atom is 0.419 e. The Hall–Kier alpha value is -1.67. The van der Waals surface area contributed by atoms with E-state index in [4.69, 9.17) is 5.11 Å². The number of benzene rings is 1. The molecule has 1 N–H and O–H groups in total. The summed E-state index contributed by atoms with van der Waals surface area (Å²) in [6, 6.07) is 2.71. The number of halogens is 4. The highest BCUT2D eigenvalue weighted by molar-refractivity contribution is 5.94. The summed E-state index contributed by atoms with van der Waals surface area (Å²) in [4.78, 5) is 15.5. The van der Waals surface area contributed by atoms with Crippen molar-refractivity contribution in [1.82, 2.24) is 9.80 Å². The number of hydrogen-bond donors (Lipinski definition) is 1. The van der Waals surface area contributed by atoms with Gasteiger partial charge in [0.1, 0.15) is 5.82 Å². The van der Waals surface area contributed by atoms with Gasteiger partial charge >= 0.3 is 6.18 Å². The summed E-state index contributed by atoms with van der Waals surface area (Å²) in [5, 5.41) is 8.84. The van der Waals surface area contributed by atoms with Gasteiger partial charge in [0.15, 0.2) is 0 Å². The number of carbonyl (C=O) groups excluding carboxylic acids is 1. The molecule has 1 saturated heterocycles. The van der Waals surface area contributed by atoms with Crippen molar-refractivity contribution in [1.29, 1.82) is 0 Å². The fourth-order valence-electron chi connectivity index (χ4n) is 2.40. The Labute approximate surface area is 124 Å². The van der Waals surface area contributed by atoms with Gasteiger partial charge in [-0.2, -0.15) is 13.2 Å². The van der Waals surface area contributed by atoms with Gasteiger partial charge in [-0.1, -0.05) is 6.07 Å². The highest BCUT2D eigenvalue weighted by Gasteiger charge is 2.36. The van der Waals surface area contributed by atoms with Gasteiger partial charge in [-0.3, -0.25) is 9.69 Å². The second-order valence-electron chi connectivity index (χ2n) is 5.02. The van der Waals surface area contributed by atoms with E-state index >= 15 is 0 Å². The van der Waals surface area contributed by atoms with Crippen molar-refractivity contribution in [2.24, 2.45) is 0 Å². The van der Waals surface area contributed by atoms with Crippen LogP contribution in [0.3, 0.4) is 0 Å². The number of amides is 1. The summed E-state index contributed by atoms with van der Waals surface area (Å²) >= 11 is 0. The highest BCUT2D eigenvalue weighted by atomic mass is 19.4. The zero-order valence-electron chi connectivity index (χ0n) is 11.7. The molecule has 8 heteroatoms. The summed E-state index contributed by atoms with van der Waals surface area (Å²) in [7, 11) is 0. The molecular formula is C14H16F4N2O2. The Morgan fingerprint density at radius 1 is 1.18 bits per heavy atom. The van der Waals surface area contributed by atoms with Gasteiger partial charge in [-0.05, 0) is 12.1 Å². The third-order valence-electron chi connectivity index (χ3n) is 3.61. The molecule has 1 aliphatic heterocycles. The van der Waals surface area contributed by atoms with Gasteiger partial charge in [-0.15, -0.1) is 0 Å². The Balaban J connectivity index is 2.14. The Morgan fingerprint density at radius 3 is 2.36 bits per heavy atom. The molecule has 1 aromatic carbocycles.